The number of allylic oxidation sites excluding steroid dienone is 2. The van der Waals surface area contributed by atoms with Crippen LogP contribution in [0.15, 0.2) is 29.8 Å². The molecular weight excluding hydrogens is 251 g/mol. The normalized spacial score (nSPS) is 18.7. The number of hydrogen-bond acceptors (Lipinski definition) is 1. The molecule has 0 atom stereocenters. The van der Waals surface area contributed by atoms with Crippen LogP contribution in [0.25, 0.3) is 0 Å². The molecule has 0 unspecified atom stereocenters. The molecule has 0 aromatic heterocycles. The van der Waals surface area contributed by atoms with E-state index < -0.39 is 0 Å². The molecule has 18 heavy (non-hydrogen) atoms. The lowest BCUT2D eigenvalue weighted by atomic mass is 9.75. The smallest absolute Gasteiger partial charge is 0.156 e. The van der Waals surface area contributed by atoms with E-state index in [0.29, 0.717) is 17.9 Å². The maximum Gasteiger partial charge on any atom is 0.156 e. The Balaban J connectivity index is 2.24. The van der Waals surface area contributed by atoms with Gasteiger partial charge in [-0.1, -0.05) is 31.0 Å². The highest BCUT2D eigenvalue weighted by Crippen LogP contribution is 2.35. The minimum Gasteiger partial charge on any atom is -0.295 e. The number of rotatable bonds is 2. The second-order valence-electron chi connectivity index (χ2n) is 5.70. The molecular formula is C15H16ClFO. The third-order valence-corrected chi connectivity index (χ3v) is 3.52. The van der Waals surface area contributed by atoms with Gasteiger partial charge in [0.2, 0.25) is 0 Å². The van der Waals surface area contributed by atoms with Gasteiger partial charge in [0.25, 0.3) is 0 Å². The molecule has 0 saturated carbocycles. The molecule has 0 aliphatic heterocycles. The first-order valence-electron chi connectivity index (χ1n) is 6.02. The number of carbonyl (C=O) groups excluding carboxylic acids is 1. The number of ketones is 1. The van der Waals surface area contributed by atoms with Gasteiger partial charge >= 0.3 is 0 Å². The van der Waals surface area contributed by atoms with Crippen molar-refractivity contribution in [3.05, 3.63) is 46.3 Å². The molecule has 0 bridgehead atoms. The molecule has 0 radical (unpaired) electrons. The SMILES string of the molecule is CC1(C)CC(=O)C=C(Cc2cc(F)ccc2Cl)C1. The summed E-state index contributed by atoms with van der Waals surface area (Å²) >= 11 is 6.04. The van der Waals surface area contributed by atoms with E-state index in [1.54, 1.807) is 12.1 Å². The second-order valence-corrected chi connectivity index (χ2v) is 6.11. The van der Waals surface area contributed by atoms with E-state index in [1.807, 2.05) is 0 Å². The van der Waals surface area contributed by atoms with Crippen molar-refractivity contribution in [1.82, 2.24) is 0 Å². The summed E-state index contributed by atoms with van der Waals surface area (Å²) in [5, 5.41) is 0.549. The van der Waals surface area contributed by atoms with Crippen LogP contribution in [0, 0.1) is 11.2 Å². The van der Waals surface area contributed by atoms with E-state index in [2.05, 4.69) is 13.8 Å². The van der Waals surface area contributed by atoms with E-state index >= 15 is 0 Å². The van der Waals surface area contributed by atoms with Crippen LogP contribution in [-0.2, 0) is 11.2 Å². The summed E-state index contributed by atoms with van der Waals surface area (Å²) in [5.41, 5.74) is 1.76. The number of benzene rings is 1. The Hall–Kier alpha value is -1.15. The first-order chi connectivity index (χ1) is 8.35. The third-order valence-electron chi connectivity index (χ3n) is 3.15. The van der Waals surface area contributed by atoms with E-state index in [9.17, 15) is 9.18 Å². The van der Waals surface area contributed by atoms with Crippen molar-refractivity contribution in [3.8, 4) is 0 Å². The van der Waals surface area contributed by atoms with Crippen molar-refractivity contribution in [1.29, 1.82) is 0 Å². The summed E-state index contributed by atoms with van der Waals surface area (Å²) in [7, 11) is 0. The van der Waals surface area contributed by atoms with Gasteiger partial charge in [0.1, 0.15) is 5.82 Å². The Morgan fingerprint density at radius 3 is 2.72 bits per heavy atom. The third kappa shape index (κ3) is 3.20. The summed E-state index contributed by atoms with van der Waals surface area (Å²) in [6.07, 6.45) is 3.66. The second kappa shape index (κ2) is 4.85. The van der Waals surface area contributed by atoms with Gasteiger partial charge in [-0.05, 0) is 48.1 Å². The number of carbonyl (C=O) groups is 1. The molecule has 0 spiro atoms. The molecule has 0 amide bonds. The fourth-order valence-corrected chi connectivity index (χ4v) is 2.70. The highest BCUT2D eigenvalue weighted by Gasteiger charge is 2.27. The molecule has 1 nitrogen and oxygen atoms in total. The Morgan fingerprint density at radius 1 is 1.33 bits per heavy atom. The molecule has 3 heteroatoms. The van der Waals surface area contributed by atoms with E-state index in [1.165, 1.54) is 12.1 Å². The molecule has 1 aromatic rings. The number of hydrogen-bond donors (Lipinski definition) is 0. The molecule has 0 N–H and O–H groups in total. The maximum absolute atomic E-state index is 13.2. The van der Waals surface area contributed by atoms with E-state index in [4.69, 9.17) is 11.6 Å². The topological polar surface area (TPSA) is 17.1 Å². The van der Waals surface area contributed by atoms with Crippen LogP contribution in [0.3, 0.4) is 0 Å². The quantitative estimate of drug-likeness (QED) is 0.778. The predicted octanol–water partition coefficient (Wildman–Crippen LogP) is 4.34. The largest absolute Gasteiger partial charge is 0.295 e. The first kappa shape index (κ1) is 13.3. The van der Waals surface area contributed by atoms with Gasteiger partial charge < -0.3 is 0 Å². The van der Waals surface area contributed by atoms with Crippen molar-refractivity contribution in [2.75, 3.05) is 0 Å². The summed E-state index contributed by atoms with van der Waals surface area (Å²) in [4.78, 5) is 11.6. The Labute approximate surface area is 112 Å². The Kier molecular flexibility index (Phi) is 3.58. The average molecular weight is 267 g/mol. The van der Waals surface area contributed by atoms with Crippen molar-refractivity contribution in [3.63, 3.8) is 0 Å². The van der Waals surface area contributed by atoms with E-state index in [0.717, 1.165) is 17.6 Å². The average Bonchev–Trinajstić information content (AvgIpc) is 2.20. The molecule has 2 rings (SSSR count). The van der Waals surface area contributed by atoms with Gasteiger partial charge in [-0.15, -0.1) is 0 Å². The standard InChI is InChI=1S/C15H16ClFO/c1-15(2)8-10(6-13(18)9-15)5-11-7-12(17)3-4-14(11)16/h3-4,6-7H,5,8-9H2,1-2H3. The lowest BCUT2D eigenvalue weighted by Gasteiger charge is -2.29. The molecule has 1 aromatic carbocycles. The zero-order chi connectivity index (χ0) is 13.3. The molecule has 1 aliphatic rings. The summed E-state index contributed by atoms with van der Waals surface area (Å²) in [5.74, 6) is -0.148. The monoisotopic (exact) mass is 266 g/mol. The van der Waals surface area contributed by atoms with Gasteiger partial charge in [0.05, 0.1) is 0 Å². The van der Waals surface area contributed by atoms with Crippen LogP contribution in [0.1, 0.15) is 32.3 Å². The van der Waals surface area contributed by atoms with Gasteiger partial charge in [-0.2, -0.15) is 0 Å². The first-order valence-corrected chi connectivity index (χ1v) is 6.40. The molecule has 1 aliphatic carbocycles. The maximum atomic E-state index is 13.2. The summed E-state index contributed by atoms with van der Waals surface area (Å²) in [6.45, 7) is 4.15. The van der Waals surface area contributed by atoms with Gasteiger partial charge in [0.15, 0.2) is 5.78 Å². The molecule has 0 heterocycles. The summed E-state index contributed by atoms with van der Waals surface area (Å²) in [6, 6.07) is 4.34. The van der Waals surface area contributed by atoms with Crippen molar-refractivity contribution in [2.24, 2.45) is 5.41 Å². The zero-order valence-electron chi connectivity index (χ0n) is 10.6. The lowest BCUT2D eigenvalue weighted by Crippen LogP contribution is -2.22. The van der Waals surface area contributed by atoms with Crippen LogP contribution in [-0.4, -0.2) is 5.78 Å². The van der Waals surface area contributed by atoms with Crippen LogP contribution < -0.4 is 0 Å². The minimum atomic E-state index is -0.295. The van der Waals surface area contributed by atoms with Gasteiger partial charge in [-0.25, -0.2) is 4.39 Å². The lowest BCUT2D eigenvalue weighted by molar-refractivity contribution is -0.117. The Bertz CT molecular complexity index is 517. The highest BCUT2D eigenvalue weighted by atomic mass is 35.5. The fourth-order valence-electron chi connectivity index (χ4n) is 2.52. The fraction of sp³-hybridized carbons (Fsp3) is 0.400. The van der Waals surface area contributed by atoms with Crippen molar-refractivity contribution < 1.29 is 9.18 Å². The molecule has 0 fully saturated rings. The van der Waals surface area contributed by atoms with Crippen LogP contribution in [0.5, 0.6) is 0 Å². The zero-order valence-corrected chi connectivity index (χ0v) is 11.4. The van der Waals surface area contributed by atoms with Crippen molar-refractivity contribution >= 4 is 17.4 Å². The van der Waals surface area contributed by atoms with Gasteiger partial charge in [-0.3, -0.25) is 4.79 Å². The van der Waals surface area contributed by atoms with Crippen LogP contribution in [0.4, 0.5) is 4.39 Å². The van der Waals surface area contributed by atoms with Gasteiger partial charge in [0, 0.05) is 11.4 Å². The predicted molar refractivity (Wildman–Crippen MR) is 71.2 cm³/mol. The highest BCUT2D eigenvalue weighted by molar-refractivity contribution is 6.31. The minimum absolute atomic E-state index is 0.0129. The van der Waals surface area contributed by atoms with E-state index in [-0.39, 0.29) is 17.0 Å². The molecule has 96 valence electrons. The summed E-state index contributed by atoms with van der Waals surface area (Å²) < 4.78 is 13.2. The van der Waals surface area contributed by atoms with Crippen LogP contribution >= 0.6 is 11.6 Å². The van der Waals surface area contributed by atoms with Crippen LogP contribution in [0.2, 0.25) is 5.02 Å². The Morgan fingerprint density at radius 2 is 2.06 bits per heavy atom. The molecule has 0 saturated heterocycles. The van der Waals surface area contributed by atoms with Crippen molar-refractivity contribution in [2.45, 2.75) is 33.1 Å². The number of halogens is 2.